The van der Waals surface area contributed by atoms with Gasteiger partial charge >= 0.3 is 0 Å². The Balaban J connectivity index is 1.37. The quantitative estimate of drug-likeness (QED) is 0.414. The highest BCUT2D eigenvalue weighted by Gasteiger charge is 2.31. The monoisotopic (exact) mass is 479 g/mol. The Morgan fingerprint density at radius 3 is 2.38 bits per heavy atom. The molecule has 2 N–H and O–H groups in total. The van der Waals surface area contributed by atoms with Crippen molar-refractivity contribution >= 4 is 35.0 Å². The molecule has 178 valence electrons. The number of hydrogen-bond donors (Lipinski definition) is 2. The third kappa shape index (κ3) is 5.41. The normalized spacial score (nSPS) is 14.0. The number of amides is 2. The van der Waals surface area contributed by atoms with Crippen LogP contribution in [0.25, 0.3) is 0 Å². The van der Waals surface area contributed by atoms with Gasteiger partial charge in [-0.15, -0.1) is 10.2 Å². The minimum absolute atomic E-state index is 0.132. The zero-order valence-corrected chi connectivity index (χ0v) is 20.6. The van der Waals surface area contributed by atoms with Gasteiger partial charge in [0, 0.05) is 23.2 Å². The Bertz CT molecular complexity index is 1170. The number of methoxy groups -OCH3 is 1. The summed E-state index contributed by atoms with van der Waals surface area (Å²) >= 11 is 1.42. The van der Waals surface area contributed by atoms with Crippen molar-refractivity contribution in [3.8, 4) is 5.75 Å². The summed E-state index contributed by atoms with van der Waals surface area (Å²) in [6, 6.07) is 14.5. The molecule has 1 aliphatic rings. The van der Waals surface area contributed by atoms with Crippen LogP contribution in [0.2, 0.25) is 0 Å². The molecule has 8 nitrogen and oxygen atoms in total. The van der Waals surface area contributed by atoms with E-state index < -0.39 is 0 Å². The number of para-hydroxylation sites is 2. The topological polar surface area (TPSA) is 98.1 Å². The number of anilines is 2. The molecular weight excluding hydrogens is 450 g/mol. The Morgan fingerprint density at radius 2 is 1.74 bits per heavy atom. The largest absolute Gasteiger partial charge is 0.495 e. The molecule has 1 fully saturated rings. The highest BCUT2D eigenvalue weighted by atomic mass is 32.2. The molecule has 1 heterocycles. The molecule has 9 heteroatoms. The number of hydrogen-bond acceptors (Lipinski definition) is 6. The summed E-state index contributed by atoms with van der Waals surface area (Å²) in [5.41, 5.74) is 1.70. The van der Waals surface area contributed by atoms with Gasteiger partial charge in [-0.05, 0) is 56.2 Å². The maximum atomic E-state index is 12.8. The van der Waals surface area contributed by atoms with Gasteiger partial charge in [-0.25, -0.2) is 0 Å². The van der Waals surface area contributed by atoms with Crippen LogP contribution in [0.5, 0.6) is 5.75 Å². The lowest BCUT2D eigenvalue weighted by atomic mass is 10.2. The molecule has 2 amide bonds. The fourth-order valence-corrected chi connectivity index (χ4v) is 4.47. The first-order chi connectivity index (χ1) is 16.4. The smallest absolute Gasteiger partial charge is 0.255 e. The number of aromatic nitrogens is 3. The lowest BCUT2D eigenvalue weighted by Gasteiger charge is -2.14. The van der Waals surface area contributed by atoms with Crippen LogP contribution >= 0.6 is 11.8 Å². The highest BCUT2D eigenvalue weighted by molar-refractivity contribution is 8.00. The van der Waals surface area contributed by atoms with Gasteiger partial charge in [-0.3, -0.25) is 9.59 Å². The van der Waals surface area contributed by atoms with Crippen molar-refractivity contribution in [2.45, 2.75) is 56.0 Å². The molecule has 34 heavy (non-hydrogen) atoms. The molecular formula is C25H29N5O3S. The van der Waals surface area contributed by atoms with Crippen molar-refractivity contribution in [3.63, 3.8) is 0 Å². The number of benzene rings is 2. The lowest BCUT2D eigenvalue weighted by molar-refractivity contribution is -0.115. The van der Waals surface area contributed by atoms with Crippen LogP contribution < -0.4 is 15.4 Å². The number of thioether (sulfide) groups is 1. The van der Waals surface area contributed by atoms with Crippen LogP contribution in [0.1, 0.15) is 61.8 Å². The summed E-state index contributed by atoms with van der Waals surface area (Å²) in [4.78, 5) is 25.4. The van der Waals surface area contributed by atoms with Gasteiger partial charge in [0.2, 0.25) is 5.91 Å². The summed E-state index contributed by atoms with van der Waals surface area (Å²) in [7, 11) is 1.56. The molecule has 0 bridgehead atoms. The number of nitrogens with one attached hydrogen (secondary N) is 2. The minimum atomic E-state index is -0.352. The average molecular weight is 480 g/mol. The zero-order valence-electron chi connectivity index (χ0n) is 19.7. The maximum absolute atomic E-state index is 12.8. The standard InChI is InChI=1S/C25H29N5O3S/c1-15(2)22-28-29-25(30(22)19-13-14-19)34-16(3)23(31)26-18-11-9-17(10-12-18)24(32)27-20-7-5-6-8-21(20)33-4/h5-12,15-16,19H,13-14H2,1-4H3,(H,26,31)(H,27,32). The molecule has 4 rings (SSSR count). The summed E-state index contributed by atoms with van der Waals surface area (Å²) in [5.74, 6) is 1.45. The Hall–Kier alpha value is -3.33. The first kappa shape index (κ1) is 23.8. The van der Waals surface area contributed by atoms with E-state index >= 15 is 0 Å². The second-order valence-corrected chi connectivity index (χ2v) is 9.89. The van der Waals surface area contributed by atoms with Crippen LogP contribution in [-0.2, 0) is 4.79 Å². The predicted octanol–water partition coefficient (Wildman–Crippen LogP) is 5.12. The van der Waals surface area contributed by atoms with Gasteiger partial charge in [0.05, 0.1) is 18.0 Å². The third-order valence-corrected chi connectivity index (χ3v) is 6.60. The second-order valence-electron chi connectivity index (χ2n) is 8.58. The van der Waals surface area contributed by atoms with Gasteiger partial charge in [-0.1, -0.05) is 37.7 Å². The third-order valence-electron chi connectivity index (χ3n) is 5.54. The van der Waals surface area contributed by atoms with Crippen molar-refractivity contribution in [3.05, 3.63) is 59.9 Å². The molecule has 3 aromatic rings. The van der Waals surface area contributed by atoms with Crippen LogP contribution in [0.4, 0.5) is 11.4 Å². The van der Waals surface area contributed by atoms with E-state index in [-0.39, 0.29) is 23.0 Å². The highest BCUT2D eigenvalue weighted by Crippen LogP contribution is 2.40. The summed E-state index contributed by atoms with van der Waals surface area (Å²) in [5, 5.41) is 14.9. The maximum Gasteiger partial charge on any atom is 0.255 e. The Morgan fingerprint density at radius 1 is 1.03 bits per heavy atom. The second kappa shape index (κ2) is 10.3. The van der Waals surface area contributed by atoms with E-state index in [1.807, 2.05) is 19.1 Å². The first-order valence-corrected chi connectivity index (χ1v) is 12.2. The average Bonchev–Trinajstić information content (AvgIpc) is 3.59. The van der Waals surface area contributed by atoms with E-state index in [2.05, 4.69) is 39.2 Å². The van der Waals surface area contributed by atoms with Crippen molar-refractivity contribution in [2.24, 2.45) is 0 Å². The molecule has 0 spiro atoms. The van der Waals surface area contributed by atoms with Crippen molar-refractivity contribution in [1.82, 2.24) is 14.8 Å². The molecule has 1 saturated carbocycles. The van der Waals surface area contributed by atoms with Crippen molar-refractivity contribution < 1.29 is 14.3 Å². The molecule has 2 aromatic carbocycles. The van der Waals surface area contributed by atoms with E-state index in [0.29, 0.717) is 28.7 Å². The van der Waals surface area contributed by atoms with Gasteiger partial charge in [0.1, 0.15) is 11.6 Å². The summed E-state index contributed by atoms with van der Waals surface area (Å²) in [6.07, 6.45) is 2.26. The number of carbonyl (C=O) groups excluding carboxylic acids is 2. The van der Waals surface area contributed by atoms with Crippen LogP contribution in [-0.4, -0.2) is 38.9 Å². The Kier molecular flexibility index (Phi) is 7.21. The van der Waals surface area contributed by atoms with Gasteiger partial charge in [0.25, 0.3) is 5.91 Å². The van der Waals surface area contributed by atoms with Gasteiger partial charge in [-0.2, -0.15) is 0 Å². The zero-order chi connectivity index (χ0) is 24.2. The predicted molar refractivity (Wildman–Crippen MR) is 134 cm³/mol. The summed E-state index contributed by atoms with van der Waals surface area (Å²) in [6.45, 7) is 6.07. The van der Waals surface area contributed by atoms with Crippen LogP contribution in [0, 0.1) is 0 Å². The summed E-state index contributed by atoms with van der Waals surface area (Å²) < 4.78 is 7.46. The molecule has 1 aliphatic carbocycles. The minimum Gasteiger partial charge on any atom is -0.495 e. The number of ether oxygens (including phenoxy) is 1. The van der Waals surface area contributed by atoms with E-state index in [9.17, 15) is 9.59 Å². The van der Waals surface area contributed by atoms with Gasteiger partial charge in [0.15, 0.2) is 5.16 Å². The fraction of sp³-hybridized carbons (Fsp3) is 0.360. The molecule has 1 atom stereocenters. The van der Waals surface area contributed by atoms with Crippen molar-refractivity contribution in [1.29, 1.82) is 0 Å². The van der Waals surface area contributed by atoms with Gasteiger partial charge < -0.3 is 19.9 Å². The van der Waals surface area contributed by atoms with E-state index in [1.165, 1.54) is 11.8 Å². The van der Waals surface area contributed by atoms with E-state index in [1.54, 1.807) is 43.5 Å². The number of nitrogens with zero attached hydrogens (tertiary/aromatic N) is 3. The molecule has 0 aliphatic heterocycles. The molecule has 1 unspecified atom stereocenters. The van der Waals surface area contributed by atoms with E-state index in [0.717, 1.165) is 23.8 Å². The molecule has 0 saturated heterocycles. The van der Waals surface area contributed by atoms with Crippen LogP contribution in [0.3, 0.4) is 0 Å². The first-order valence-electron chi connectivity index (χ1n) is 11.3. The molecule has 1 aromatic heterocycles. The Labute approximate surface area is 203 Å². The lowest BCUT2D eigenvalue weighted by Crippen LogP contribution is -2.23. The number of carbonyl (C=O) groups is 2. The molecule has 0 radical (unpaired) electrons. The number of rotatable bonds is 9. The van der Waals surface area contributed by atoms with Crippen molar-refractivity contribution in [2.75, 3.05) is 17.7 Å². The SMILES string of the molecule is COc1ccccc1NC(=O)c1ccc(NC(=O)C(C)Sc2nnc(C(C)C)n2C2CC2)cc1. The fourth-order valence-electron chi connectivity index (χ4n) is 3.54. The van der Waals surface area contributed by atoms with E-state index in [4.69, 9.17) is 4.74 Å². The van der Waals surface area contributed by atoms with Crippen LogP contribution in [0.15, 0.2) is 53.7 Å².